The number of hydrogen-bond acceptors (Lipinski definition) is 3. The Morgan fingerprint density at radius 2 is 2.04 bits per heavy atom. The molecule has 1 aromatic carbocycles. The van der Waals surface area contributed by atoms with Crippen LogP contribution >= 0.6 is 0 Å². The number of pyridine rings is 1. The Morgan fingerprint density at radius 3 is 2.70 bits per heavy atom. The number of nitrogens with zero attached hydrogens (tertiary/aromatic N) is 2. The van der Waals surface area contributed by atoms with Crippen molar-refractivity contribution >= 4 is 0 Å². The van der Waals surface area contributed by atoms with Crippen molar-refractivity contribution in [3.05, 3.63) is 52.3 Å². The lowest BCUT2D eigenvalue weighted by molar-refractivity contribution is 0.340. The molecule has 2 rings (SSSR count). The van der Waals surface area contributed by atoms with Crippen molar-refractivity contribution in [3.63, 3.8) is 0 Å². The van der Waals surface area contributed by atoms with Gasteiger partial charge in [-0.1, -0.05) is 26.0 Å². The van der Waals surface area contributed by atoms with E-state index in [1.807, 2.05) is 43.3 Å². The van der Waals surface area contributed by atoms with Gasteiger partial charge in [0.15, 0.2) is 0 Å². The average molecular weight is 310 g/mol. The SMILES string of the molecule is CCOc1cccc(-c2ccc(C#N)c(=O)n2CCC(C)C)c1. The molecule has 0 bridgehead atoms. The second kappa shape index (κ2) is 7.64. The minimum Gasteiger partial charge on any atom is -0.494 e. The first-order chi connectivity index (χ1) is 11.1. The standard InChI is InChI=1S/C19H22N2O2/c1-4-23-17-7-5-6-15(12-17)18-9-8-16(13-20)19(22)21(18)11-10-14(2)3/h5-9,12,14H,4,10-11H2,1-3H3. The molecule has 0 fully saturated rings. The molecule has 0 unspecified atom stereocenters. The molecule has 0 aliphatic carbocycles. The van der Waals surface area contributed by atoms with Crippen molar-refractivity contribution in [3.8, 4) is 23.1 Å². The first kappa shape index (κ1) is 16.8. The van der Waals surface area contributed by atoms with Gasteiger partial charge < -0.3 is 9.30 Å². The average Bonchev–Trinajstić information content (AvgIpc) is 2.54. The molecule has 0 radical (unpaired) electrons. The van der Waals surface area contributed by atoms with Gasteiger partial charge in [0.1, 0.15) is 17.4 Å². The van der Waals surface area contributed by atoms with Crippen molar-refractivity contribution in [2.45, 2.75) is 33.7 Å². The highest BCUT2D eigenvalue weighted by Gasteiger charge is 2.11. The summed E-state index contributed by atoms with van der Waals surface area (Å²) in [6.07, 6.45) is 0.882. The maximum Gasteiger partial charge on any atom is 0.268 e. The molecule has 0 saturated carbocycles. The fourth-order valence-corrected chi connectivity index (χ4v) is 2.44. The normalized spacial score (nSPS) is 10.6. The zero-order chi connectivity index (χ0) is 16.8. The van der Waals surface area contributed by atoms with Gasteiger partial charge in [0, 0.05) is 12.1 Å². The number of rotatable bonds is 6. The fraction of sp³-hybridized carbons (Fsp3) is 0.368. The van der Waals surface area contributed by atoms with Gasteiger partial charge in [0.2, 0.25) is 0 Å². The van der Waals surface area contributed by atoms with Crippen molar-refractivity contribution in [1.82, 2.24) is 4.57 Å². The van der Waals surface area contributed by atoms with Crippen LogP contribution in [0.5, 0.6) is 5.75 Å². The van der Waals surface area contributed by atoms with E-state index in [9.17, 15) is 4.79 Å². The van der Waals surface area contributed by atoms with Crippen LogP contribution < -0.4 is 10.3 Å². The molecule has 1 aromatic heterocycles. The molecule has 0 atom stereocenters. The Hall–Kier alpha value is -2.54. The topological polar surface area (TPSA) is 55.0 Å². The van der Waals surface area contributed by atoms with E-state index in [2.05, 4.69) is 13.8 Å². The van der Waals surface area contributed by atoms with Gasteiger partial charge in [-0.3, -0.25) is 4.79 Å². The summed E-state index contributed by atoms with van der Waals surface area (Å²) in [5.41, 5.74) is 1.68. The van der Waals surface area contributed by atoms with E-state index in [-0.39, 0.29) is 11.1 Å². The summed E-state index contributed by atoms with van der Waals surface area (Å²) in [5.74, 6) is 1.26. The van der Waals surface area contributed by atoms with Gasteiger partial charge in [-0.2, -0.15) is 5.26 Å². The van der Waals surface area contributed by atoms with Crippen LogP contribution in [-0.2, 0) is 6.54 Å². The van der Waals surface area contributed by atoms with Gasteiger partial charge in [0.05, 0.1) is 12.3 Å². The summed E-state index contributed by atoms with van der Waals surface area (Å²) < 4.78 is 7.24. The maximum absolute atomic E-state index is 12.5. The van der Waals surface area contributed by atoms with Crippen molar-refractivity contribution in [1.29, 1.82) is 5.26 Å². The third-order valence-electron chi connectivity index (χ3n) is 3.67. The van der Waals surface area contributed by atoms with Gasteiger partial charge in [-0.15, -0.1) is 0 Å². The van der Waals surface area contributed by atoms with Crippen molar-refractivity contribution < 1.29 is 4.74 Å². The highest BCUT2D eigenvalue weighted by atomic mass is 16.5. The molecule has 0 aliphatic rings. The minimum absolute atomic E-state index is 0.179. The van der Waals surface area contributed by atoms with E-state index in [1.54, 1.807) is 10.6 Å². The summed E-state index contributed by atoms with van der Waals surface area (Å²) >= 11 is 0. The zero-order valence-corrected chi connectivity index (χ0v) is 13.9. The van der Waals surface area contributed by atoms with E-state index in [0.29, 0.717) is 19.1 Å². The van der Waals surface area contributed by atoms with Gasteiger partial charge in [-0.25, -0.2) is 0 Å². The fourth-order valence-electron chi connectivity index (χ4n) is 2.44. The van der Waals surface area contributed by atoms with E-state index in [1.165, 1.54) is 0 Å². The number of nitriles is 1. The van der Waals surface area contributed by atoms with Crippen LogP contribution in [0.25, 0.3) is 11.3 Å². The van der Waals surface area contributed by atoms with Gasteiger partial charge >= 0.3 is 0 Å². The molecule has 120 valence electrons. The highest BCUT2D eigenvalue weighted by molar-refractivity contribution is 5.62. The summed E-state index contributed by atoms with van der Waals surface area (Å²) in [5, 5.41) is 9.11. The molecule has 4 heteroatoms. The van der Waals surface area contributed by atoms with E-state index < -0.39 is 0 Å². The third kappa shape index (κ3) is 4.01. The molecule has 4 nitrogen and oxygen atoms in total. The Kier molecular flexibility index (Phi) is 5.59. The molecular weight excluding hydrogens is 288 g/mol. The Balaban J connectivity index is 2.53. The molecule has 0 aliphatic heterocycles. The van der Waals surface area contributed by atoms with Crippen LogP contribution in [0.2, 0.25) is 0 Å². The second-order valence-electron chi connectivity index (χ2n) is 5.84. The minimum atomic E-state index is -0.229. The van der Waals surface area contributed by atoms with Crippen LogP contribution in [0.1, 0.15) is 32.8 Å². The molecule has 0 amide bonds. The number of hydrogen-bond donors (Lipinski definition) is 0. The summed E-state index contributed by atoms with van der Waals surface area (Å²) in [7, 11) is 0. The third-order valence-corrected chi connectivity index (χ3v) is 3.67. The Morgan fingerprint density at radius 1 is 1.26 bits per heavy atom. The quantitative estimate of drug-likeness (QED) is 0.814. The summed E-state index contributed by atoms with van der Waals surface area (Å²) in [4.78, 5) is 12.5. The van der Waals surface area contributed by atoms with E-state index in [0.717, 1.165) is 23.4 Å². The lowest BCUT2D eigenvalue weighted by Gasteiger charge is -2.15. The molecule has 23 heavy (non-hydrogen) atoms. The number of aromatic nitrogens is 1. The predicted octanol–water partition coefficient (Wildman–Crippen LogP) is 3.83. The molecule has 0 spiro atoms. The van der Waals surface area contributed by atoms with Crippen LogP contribution in [0.4, 0.5) is 0 Å². The smallest absolute Gasteiger partial charge is 0.268 e. The molecular formula is C19H22N2O2. The first-order valence-electron chi connectivity index (χ1n) is 7.94. The monoisotopic (exact) mass is 310 g/mol. The summed E-state index contributed by atoms with van der Waals surface area (Å²) in [6, 6.07) is 13.1. The molecule has 0 saturated heterocycles. The largest absolute Gasteiger partial charge is 0.494 e. The van der Waals surface area contributed by atoms with Crippen LogP contribution in [0, 0.1) is 17.2 Å². The highest BCUT2D eigenvalue weighted by Crippen LogP contribution is 2.24. The van der Waals surface area contributed by atoms with Crippen LogP contribution in [-0.4, -0.2) is 11.2 Å². The van der Waals surface area contributed by atoms with Gasteiger partial charge in [0.25, 0.3) is 5.56 Å². The zero-order valence-electron chi connectivity index (χ0n) is 13.9. The second-order valence-corrected chi connectivity index (χ2v) is 5.84. The number of ether oxygens (including phenoxy) is 1. The predicted molar refractivity (Wildman–Crippen MR) is 91.5 cm³/mol. The van der Waals surface area contributed by atoms with Crippen molar-refractivity contribution in [2.75, 3.05) is 6.61 Å². The van der Waals surface area contributed by atoms with Crippen LogP contribution in [0.3, 0.4) is 0 Å². The van der Waals surface area contributed by atoms with E-state index in [4.69, 9.17) is 10.00 Å². The lowest BCUT2D eigenvalue weighted by atomic mass is 10.1. The maximum atomic E-state index is 12.5. The summed E-state index contributed by atoms with van der Waals surface area (Å²) in [6.45, 7) is 7.37. The molecule has 2 aromatic rings. The first-order valence-corrected chi connectivity index (χ1v) is 7.94. The van der Waals surface area contributed by atoms with Gasteiger partial charge in [-0.05, 0) is 43.5 Å². The van der Waals surface area contributed by atoms with Crippen LogP contribution in [0.15, 0.2) is 41.2 Å². The van der Waals surface area contributed by atoms with Crippen molar-refractivity contribution in [2.24, 2.45) is 5.92 Å². The molecule has 0 N–H and O–H groups in total. The Labute approximate surface area is 137 Å². The molecule has 1 heterocycles. The Bertz CT molecular complexity index is 770. The van der Waals surface area contributed by atoms with E-state index >= 15 is 0 Å². The number of benzene rings is 1. The lowest BCUT2D eigenvalue weighted by Crippen LogP contribution is -2.24.